The van der Waals surface area contributed by atoms with Crippen LogP contribution in [0.2, 0.25) is 0 Å². The Bertz CT molecular complexity index is 810. The number of ether oxygens (including phenoxy) is 3. The molecule has 1 aliphatic heterocycles. The van der Waals surface area contributed by atoms with E-state index in [0.717, 1.165) is 10.0 Å². The van der Waals surface area contributed by atoms with E-state index in [9.17, 15) is 4.79 Å². The number of fused-ring (bicyclic) bond motifs is 1. The number of hydrogen-bond donors (Lipinski definition) is 0. The van der Waals surface area contributed by atoms with Crippen LogP contribution in [0, 0.1) is 0 Å². The fourth-order valence-corrected chi connectivity index (χ4v) is 3.11. The minimum Gasteiger partial charge on any atom is -0.496 e. The molecule has 0 fully saturated rings. The summed E-state index contributed by atoms with van der Waals surface area (Å²) in [6.45, 7) is 0. The lowest BCUT2D eigenvalue weighted by molar-refractivity contribution is 0.101. The molecule has 0 aromatic heterocycles. The third-order valence-corrected chi connectivity index (χ3v) is 4.70. The molecule has 0 bridgehead atoms. The van der Waals surface area contributed by atoms with E-state index in [0.29, 0.717) is 27.3 Å². The number of allylic oxidation sites excluding steroid dienone is 1. The zero-order valence-corrected chi connectivity index (χ0v) is 15.5. The summed E-state index contributed by atoms with van der Waals surface area (Å²) in [5.41, 5.74) is 1.26. The largest absolute Gasteiger partial charge is 0.496 e. The minimum atomic E-state index is -0.219. The van der Waals surface area contributed by atoms with Crippen LogP contribution in [0.4, 0.5) is 0 Å². The van der Waals surface area contributed by atoms with Gasteiger partial charge in [0.05, 0.1) is 14.2 Å². The van der Waals surface area contributed by atoms with Crippen molar-refractivity contribution < 1.29 is 19.0 Å². The maximum atomic E-state index is 12.7. The van der Waals surface area contributed by atoms with Crippen LogP contribution in [0.3, 0.4) is 0 Å². The van der Waals surface area contributed by atoms with Crippen molar-refractivity contribution in [2.24, 2.45) is 0 Å². The van der Waals surface area contributed by atoms with E-state index in [1.165, 1.54) is 7.11 Å². The van der Waals surface area contributed by atoms with Gasteiger partial charge in [-0.3, -0.25) is 4.79 Å². The number of benzene rings is 2. The topological polar surface area (TPSA) is 44.8 Å². The average molecular weight is 440 g/mol. The Balaban J connectivity index is 2.08. The van der Waals surface area contributed by atoms with Crippen LogP contribution in [0.1, 0.15) is 15.9 Å². The van der Waals surface area contributed by atoms with E-state index in [4.69, 9.17) is 14.2 Å². The minimum absolute atomic E-state index is 0.219. The van der Waals surface area contributed by atoms with Crippen molar-refractivity contribution in [3.63, 3.8) is 0 Å². The molecule has 0 radical (unpaired) electrons. The Hall–Kier alpha value is -1.79. The molecule has 0 spiro atoms. The van der Waals surface area contributed by atoms with Crippen LogP contribution >= 0.6 is 31.9 Å². The zero-order chi connectivity index (χ0) is 16.6. The first kappa shape index (κ1) is 16.1. The van der Waals surface area contributed by atoms with E-state index in [1.807, 2.05) is 24.3 Å². The van der Waals surface area contributed by atoms with Gasteiger partial charge < -0.3 is 14.2 Å². The number of rotatable bonds is 3. The predicted molar refractivity (Wildman–Crippen MR) is 94.3 cm³/mol. The van der Waals surface area contributed by atoms with Crippen molar-refractivity contribution in [2.45, 2.75) is 0 Å². The number of methoxy groups -OCH3 is 2. The normalized spacial score (nSPS) is 14.6. The van der Waals surface area contributed by atoms with Crippen LogP contribution in [-0.4, -0.2) is 20.0 Å². The molecule has 0 amide bonds. The highest BCUT2D eigenvalue weighted by atomic mass is 79.9. The van der Waals surface area contributed by atoms with Crippen molar-refractivity contribution in [1.82, 2.24) is 0 Å². The fourth-order valence-electron chi connectivity index (χ4n) is 2.29. The number of hydrogen-bond acceptors (Lipinski definition) is 4. The van der Waals surface area contributed by atoms with E-state index in [1.54, 1.807) is 19.3 Å². The van der Waals surface area contributed by atoms with E-state index in [2.05, 4.69) is 31.9 Å². The van der Waals surface area contributed by atoms with Gasteiger partial charge >= 0.3 is 0 Å². The molecule has 0 saturated heterocycles. The van der Waals surface area contributed by atoms with Gasteiger partial charge in [-0.2, -0.15) is 0 Å². The lowest BCUT2D eigenvalue weighted by Gasteiger charge is -2.10. The summed E-state index contributed by atoms with van der Waals surface area (Å²) >= 11 is 6.80. The molecule has 6 heteroatoms. The quantitative estimate of drug-likeness (QED) is 0.641. The lowest BCUT2D eigenvalue weighted by atomic mass is 10.1. The molecule has 3 rings (SSSR count). The summed E-state index contributed by atoms with van der Waals surface area (Å²) < 4.78 is 17.9. The molecule has 0 saturated carbocycles. The fraction of sp³-hybridized carbons (Fsp3) is 0.118. The van der Waals surface area contributed by atoms with Crippen LogP contribution < -0.4 is 14.2 Å². The van der Waals surface area contributed by atoms with Crippen LogP contribution in [0.5, 0.6) is 17.2 Å². The van der Waals surface area contributed by atoms with E-state index >= 15 is 0 Å². The number of carbonyl (C=O) groups excluding carboxylic acids is 1. The maximum Gasteiger partial charge on any atom is 0.235 e. The Morgan fingerprint density at radius 1 is 1.04 bits per heavy atom. The first-order valence-corrected chi connectivity index (χ1v) is 8.28. The average Bonchev–Trinajstić information content (AvgIpc) is 2.88. The molecule has 2 aromatic carbocycles. The third kappa shape index (κ3) is 2.88. The van der Waals surface area contributed by atoms with Gasteiger partial charge in [0.1, 0.15) is 21.5 Å². The highest BCUT2D eigenvalue weighted by Crippen LogP contribution is 2.48. The van der Waals surface area contributed by atoms with Gasteiger partial charge in [0.15, 0.2) is 11.5 Å². The monoisotopic (exact) mass is 438 g/mol. The first-order valence-electron chi connectivity index (χ1n) is 6.69. The molecule has 1 heterocycles. The SMILES string of the molecule is COc1cc(OC)c2c(c1Br)OC(=Cc1ccc(Br)cc1)C2=O. The second kappa shape index (κ2) is 6.37. The highest BCUT2D eigenvalue weighted by Gasteiger charge is 2.34. The van der Waals surface area contributed by atoms with E-state index in [-0.39, 0.29) is 11.5 Å². The van der Waals surface area contributed by atoms with Crippen molar-refractivity contribution in [3.05, 3.63) is 56.2 Å². The second-order valence-corrected chi connectivity index (χ2v) is 6.50. The Morgan fingerprint density at radius 3 is 2.30 bits per heavy atom. The molecular weight excluding hydrogens is 428 g/mol. The lowest BCUT2D eigenvalue weighted by Crippen LogP contribution is -2.00. The molecule has 118 valence electrons. The first-order chi connectivity index (χ1) is 11.0. The van der Waals surface area contributed by atoms with Crippen molar-refractivity contribution in [2.75, 3.05) is 14.2 Å². The van der Waals surface area contributed by atoms with Crippen LogP contribution in [0.25, 0.3) is 6.08 Å². The summed E-state index contributed by atoms with van der Waals surface area (Å²) in [7, 11) is 3.05. The van der Waals surface area contributed by atoms with Crippen LogP contribution in [-0.2, 0) is 0 Å². The Morgan fingerprint density at radius 2 is 1.70 bits per heavy atom. The summed E-state index contributed by atoms with van der Waals surface area (Å²) in [5, 5.41) is 0. The third-order valence-electron chi connectivity index (χ3n) is 3.42. The molecule has 0 N–H and O–H groups in total. The molecule has 0 atom stereocenters. The van der Waals surface area contributed by atoms with E-state index < -0.39 is 0 Å². The van der Waals surface area contributed by atoms with Gasteiger partial charge in [-0.05, 0) is 39.7 Å². The van der Waals surface area contributed by atoms with Gasteiger partial charge in [-0.1, -0.05) is 28.1 Å². The standard InChI is InChI=1S/C17H12Br2O4/c1-21-11-8-12(22-2)15(19)17-14(11)16(20)13(23-17)7-9-3-5-10(18)6-4-9/h3-8H,1-2H3. The molecular formula is C17H12Br2O4. The second-order valence-electron chi connectivity index (χ2n) is 4.79. The number of halogens is 2. The van der Waals surface area contributed by atoms with Gasteiger partial charge in [-0.25, -0.2) is 0 Å². The predicted octanol–water partition coefficient (Wildman–Crippen LogP) is 4.85. The van der Waals surface area contributed by atoms with Crippen LogP contribution in [0.15, 0.2) is 45.0 Å². The zero-order valence-electron chi connectivity index (χ0n) is 12.4. The molecule has 0 aliphatic carbocycles. The molecule has 23 heavy (non-hydrogen) atoms. The van der Waals surface area contributed by atoms with Gasteiger partial charge in [0.2, 0.25) is 5.78 Å². The van der Waals surface area contributed by atoms with Gasteiger partial charge in [-0.15, -0.1) is 0 Å². The molecule has 0 unspecified atom stereocenters. The summed E-state index contributed by atoms with van der Waals surface area (Å²) in [6.07, 6.45) is 1.70. The van der Waals surface area contributed by atoms with Crippen molar-refractivity contribution in [3.8, 4) is 17.2 Å². The summed E-state index contributed by atoms with van der Waals surface area (Å²) in [4.78, 5) is 12.7. The smallest absolute Gasteiger partial charge is 0.235 e. The number of Topliss-reactive ketones (excluding diaryl/α,β-unsaturated/α-hetero) is 1. The maximum absolute atomic E-state index is 12.7. The summed E-state index contributed by atoms with van der Waals surface area (Å²) in [5.74, 6) is 1.40. The van der Waals surface area contributed by atoms with Crippen molar-refractivity contribution >= 4 is 43.7 Å². The molecule has 4 nitrogen and oxygen atoms in total. The molecule has 2 aromatic rings. The van der Waals surface area contributed by atoms with Crippen molar-refractivity contribution in [1.29, 1.82) is 0 Å². The number of ketones is 1. The van der Waals surface area contributed by atoms with Gasteiger partial charge in [0.25, 0.3) is 0 Å². The highest BCUT2D eigenvalue weighted by molar-refractivity contribution is 9.11. The Labute approximate surface area is 150 Å². The Kier molecular flexibility index (Phi) is 4.46. The number of carbonyl (C=O) groups is 1. The van der Waals surface area contributed by atoms with Gasteiger partial charge in [0, 0.05) is 10.5 Å². The molecule has 1 aliphatic rings. The summed E-state index contributed by atoms with van der Waals surface area (Å²) in [6, 6.07) is 9.25.